The highest BCUT2D eigenvalue weighted by Gasteiger charge is 2.28. The van der Waals surface area contributed by atoms with E-state index in [1.165, 1.54) is 5.56 Å². The molecular formula is C21H23ClN2O3. The van der Waals surface area contributed by atoms with Crippen LogP contribution < -0.4 is 9.64 Å². The third-order valence-corrected chi connectivity index (χ3v) is 5.24. The van der Waals surface area contributed by atoms with Crippen LogP contribution in [0.2, 0.25) is 5.02 Å². The standard InChI is InChI=1S/C21H23ClN2O3/c22-17-5-3-6-18(12-17)27-15-19-13-23(10-11-26-19)14-21(25)24-9-8-16-4-1-2-7-20(16)24/h1-7,12,19H,8-11,13-15H2. The lowest BCUT2D eigenvalue weighted by molar-refractivity contribution is -0.122. The molecule has 2 aromatic rings. The van der Waals surface area contributed by atoms with Crippen molar-refractivity contribution >= 4 is 23.2 Å². The molecule has 27 heavy (non-hydrogen) atoms. The minimum atomic E-state index is -0.0589. The number of rotatable bonds is 5. The summed E-state index contributed by atoms with van der Waals surface area (Å²) in [6, 6.07) is 15.5. The first kappa shape index (κ1) is 18.3. The third-order valence-electron chi connectivity index (χ3n) is 5.00. The van der Waals surface area contributed by atoms with Crippen molar-refractivity contribution in [3.8, 4) is 5.75 Å². The predicted molar refractivity (Wildman–Crippen MR) is 106 cm³/mol. The van der Waals surface area contributed by atoms with E-state index < -0.39 is 0 Å². The minimum Gasteiger partial charge on any atom is -0.491 e. The van der Waals surface area contributed by atoms with Crippen molar-refractivity contribution in [3.05, 3.63) is 59.1 Å². The summed E-state index contributed by atoms with van der Waals surface area (Å²) >= 11 is 5.98. The van der Waals surface area contributed by atoms with Crippen molar-refractivity contribution in [1.29, 1.82) is 0 Å². The molecule has 1 amide bonds. The van der Waals surface area contributed by atoms with Crippen LogP contribution in [0.3, 0.4) is 0 Å². The number of carbonyl (C=O) groups is 1. The lowest BCUT2D eigenvalue weighted by atomic mass is 10.2. The van der Waals surface area contributed by atoms with Crippen LogP contribution in [0.4, 0.5) is 5.69 Å². The van der Waals surface area contributed by atoms with Gasteiger partial charge in [-0.3, -0.25) is 9.69 Å². The molecule has 4 rings (SSSR count). The molecule has 2 heterocycles. The molecule has 0 aliphatic carbocycles. The minimum absolute atomic E-state index is 0.0589. The topological polar surface area (TPSA) is 42.0 Å². The molecule has 0 aromatic heterocycles. The first-order valence-electron chi connectivity index (χ1n) is 9.29. The molecule has 2 aliphatic rings. The first-order chi connectivity index (χ1) is 13.2. The molecule has 0 spiro atoms. The molecule has 142 valence electrons. The third kappa shape index (κ3) is 4.43. The highest BCUT2D eigenvalue weighted by Crippen LogP contribution is 2.27. The molecule has 1 unspecified atom stereocenters. The maximum Gasteiger partial charge on any atom is 0.241 e. The second kappa shape index (κ2) is 8.30. The quantitative estimate of drug-likeness (QED) is 0.792. The fourth-order valence-electron chi connectivity index (χ4n) is 3.64. The molecule has 0 bridgehead atoms. The van der Waals surface area contributed by atoms with Gasteiger partial charge in [0.1, 0.15) is 18.5 Å². The summed E-state index contributed by atoms with van der Waals surface area (Å²) in [5.41, 5.74) is 2.30. The number of amides is 1. The van der Waals surface area contributed by atoms with Gasteiger partial charge in [0.15, 0.2) is 0 Å². The lowest BCUT2D eigenvalue weighted by Gasteiger charge is -2.33. The Balaban J connectivity index is 1.30. The Kier molecular flexibility index (Phi) is 5.62. The van der Waals surface area contributed by atoms with Crippen LogP contribution in [-0.4, -0.2) is 56.3 Å². The van der Waals surface area contributed by atoms with E-state index in [9.17, 15) is 4.79 Å². The number of benzene rings is 2. The van der Waals surface area contributed by atoms with E-state index in [1.807, 2.05) is 41.3 Å². The Morgan fingerprint density at radius 1 is 1.19 bits per heavy atom. The Labute approximate surface area is 164 Å². The Bertz CT molecular complexity index is 814. The van der Waals surface area contributed by atoms with Gasteiger partial charge in [-0.2, -0.15) is 0 Å². The van der Waals surface area contributed by atoms with E-state index >= 15 is 0 Å². The van der Waals surface area contributed by atoms with E-state index in [4.69, 9.17) is 21.1 Å². The molecule has 1 saturated heterocycles. The molecule has 1 atom stereocenters. The summed E-state index contributed by atoms with van der Waals surface area (Å²) in [6.45, 7) is 3.66. The number of halogens is 1. The zero-order chi connectivity index (χ0) is 18.6. The monoisotopic (exact) mass is 386 g/mol. The molecule has 1 fully saturated rings. The van der Waals surface area contributed by atoms with Crippen LogP contribution in [0, 0.1) is 0 Å². The van der Waals surface area contributed by atoms with Crippen molar-refractivity contribution in [2.45, 2.75) is 12.5 Å². The number of ether oxygens (including phenoxy) is 2. The summed E-state index contributed by atoms with van der Waals surface area (Å²) < 4.78 is 11.6. The number of hydrogen-bond donors (Lipinski definition) is 0. The number of morpholine rings is 1. The van der Waals surface area contributed by atoms with Gasteiger partial charge in [-0.15, -0.1) is 0 Å². The fraction of sp³-hybridized carbons (Fsp3) is 0.381. The first-order valence-corrected chi connectivity index (χ1v) is 9.67. The van der Waals surface area contributed by atoms with Crippen LogP contribution in [0.5, 0.6) is 5.75 Å². The second-order valence-corrected chi connectivity index (χ2v) is 7.36. The molecule has 0 N–H and O–H groups in total. The van der Waals surface area contributed by atoms with E-state index in [0.29, 0.717) is 31.3 Å². The average molecular weight is 387 g/mol. The Hall–Kier alpha value is -2.08. The summed E-state index contributed by atoms with van der Waals surface area (Å²) in [7, 11) is 0. The fourth-order valence-corrected chi connectivity index (χ4v) is 3.83. The second-order valence-electron chi connectivity index (χ2n) is 6.92. The molecule has 6 heteroatoms. The largest absolute Gasteiger partial charge is 0.491 e. The van der Waals surface area contributed by atoms with Crippen molar-refractivity contribution < 1.29 is 14.3 Å². The highest BCUT2D eigenvalue weighted by atomic mass is 35.5. The van der Waals surface area contributed by atoms with Crippen LogP contribution in [-0.2, 0) is 16.0 Å². The van der Waals surface area contributed by atoms with E-state index in [-0.39, 0.29) is 12.0 Å². The number of fused-ring (bicyclic) bond motifs is 1. The summed E-state index contributed by atoms with van der Waals surface area (Å²) in [6.07, 6.45) is 0.873. The lowest BCUT2D eigenvalue weighted by Crippen LogP contribution is -2.49. The van der Waals surface area contributed by atoms with Crippen molar-refractivity contribution in [2.75, 3.05) is 44.3 Å². The van der Waals surface area contributed by atoms with Crippen molar-refractivity contribution in [1.82, 2.24) is 4.90 Å². The molecule has 2 aliphatic heterocycles. The van der Waals surface area contributed by atoms with Gasteiger partial charge in [-0.05, 0) is 36.2 Å². The van der Waals surface area contributed by atoms with Gasteiger partial charge in [0.05, 0.1) is 13.2 Å². The number of anilines is 1. The van der Waals surface area contributed by atoms with Gasteiger partial charge in [0.2, 0.25) is 5.91 Å². The van der Waals surface area contributed by atoms with Gasteiger partial charge < -0.3 is 14.4 Å². The average Bonchev–Trinajstić information content (AvgIpc) is 3.11. The summed E-state index contributed by atoms with van der Waals surface area (Å²) in [4.78, 5) is 16.9. The van der Waals surface area contributed by atoms with Gasteiger partial charge in [-0.25, -0.2) is 0 Å². The SMILES string of the molecule is O=C(CN1CCOC(COc2cccc(Cl)c2)C1)N1CCc2ccccc21. The van der Waals surface area contributed by atoms with Crippen LogP contribution in [0.1, 0.15) is 5.56 Å². The van der Waals surface area contributed by atoms with Gasteiger partial charge >= 0.3 is 0 Å². The number of para-hydroxylation sites is 1. The zero-order valence-corrected chi connectivity index (χ0v) is 15.9. The zero-order valence-electron chi connectivity index (χ0n) is 15.1. The molecular weight excluding hydrogens is 364 g/mol. The molecule has 5 nitrogen and oxygen atoms in total. The van der Waals surface area contributed by atoms with Gasteiger partial charge in [0, 0.05) is 30.3 Å². The molecule has 0 radical (unpaired) electrons. The number of carbonyl (C=O) groups excluding carboxylic acids is 1. The van der Waals surface area contributed by atoms with Crippen LogP contribution in [0.25, 0.3) is 0 Å². The maximum absolute atomic E-state index is 12.8. The molecule has 0 saturated carbocycles. The van der Waals surface area contributed by atoms with E-state index in [1.54, 1.807) is 6.07 Å². The molecule has 2 aromatic carbocycles. The van der Waals surface area contributed by atoms with E-state index in [0.717, 1.165) is 30.9 Å². The predicted octanol–water partition coefficient (Wildman–Crippen LogP) is 3.01. The van der Waals surface area contributed by atoms with Crippen molar-refractivity contribution in [2.24, 2.45) is 0 Å². The normalized spacial score (nSPS) is 19.7. The van der Waals surface area contributed by atoms with Gasteiger partial charge in [-0.1, -0.05) is 35.9 Å². The number of hydrogen-bond acceptors (Lipinski definition) is 4. The Morgan fingerprint density at radius 2 is 2.07 bits per heavy atom. The summed E-state index contributed by atoms with van der Waals surface area (Å²) in [5.74, 6) is 0.879. The smallest absolute Gasteiger partial charge is 0.241 e. The maximum atomic E-state index is 12.8. The number of nitrogens with zero attached hydrogens (tertiary/aromatic N) is 2. The van der Waals surface area contributed by atoms with Crippen LogP contribution in [0.15, 0.2) is 48.5 Å². The Morgan fingerprint density at radius 3 is 2.96 bits per heavy atom. The van der Waals surface area contributed by atoms with E-state index in [2.05, 4.69) is 11.0 Å². The summed E-state index contributed by atoms with van der Waals surface area (Å²) in [5, 5.41) is 0.648. The van der Waals surface area contributed by atoms with Gasteiger partial charge in [0.25, 0.3) is 0 Å². The van der Waals surface area contributed by atoms with Crippen molar-refractivity contribution in [3.63, 3.8) is 0 Å². The van der Waals surface area contributed by atoms with Crippen LogP contribution >= 0.6 is 11.6 Å². The highest BCUT2D eigenvalue weighted by molar-refractivity contribution is 6.30.